The average molecular weight is 126 g/mol. The average Bonchev–Trinajstić information content (AvgIpc) is 1.78. The van der Waals surface area contributed by atoms with Gasteiger partial charge in [0.15, 0.2) is 0 Å². The Morgan fingerprint density at radius 1 is 1.67 bits per heavy atom. The van der Waals surface area contributed by atoms with E-state index in [1.54, 1.807) is 6.08 Å². The number of methoxy groups -OCH3 is 1. The molecule has 1 rings (SSSR count). The maximum absolute atomic E-state index is 10.5. The molecular formula is C7H10O2. The van der Waals surface area contributed by atoms with E-state index in [2.05, 4.69) is 4.74 Å². The maximum Gasteiger partial charge on any atom is 0.330 e. The van der Waals surface area contributed by atoms with E-state index in [0.717, 1.165) is 12.8 Å². The quantitative estimate of drug-likeness (QED) is 0.390. The van der Waals surface area contributed by atoms with Gasteiger partial charge in [0, 0.05) is 6.08 Å². The van der Waals surface area contributed by atoms with E-state index in [1.807, 2.05) is 0 Å². The van der Waals surface area contributed by atoms with Crippen molar-refractivity contribution in [3.05, 3.63) is 11.6 Å². The monoisotopic (exact) mass is 126 g/mol. The van der Waals surface area contributed by atoms with Crippen molar-refractivity contribution in [2.24, 2.45) is 0 Å². The number of allylic oxidation sites excluding steroid dienone is 1. The number of hydrogen-bond acceptors (Lipinski definition) is 2. The molecule has 0 atom stereocenters. The van der Waals surface area contributed by atoms with Crippen LogP contribution in [0, 0.1) is 0 Å². The van der Waals surface area contributed by atoms with Gasteiger partial charge >= 0.3 is 5.97 Å². The Morgan fingerprint density at radius 2 is 2.33 bits per heavy atom. The van der Waals surface area contributed by atoms with E-state index in [9.17, 15) is 4.79 Å². The summed E-state index contributed by atoms with van der Waals surface area (Å²) in [4.78, 5) is 10.5. The van der Waals surface area contributed by atoms with E-state index in [-0.39, 0.29) is 5.97 Å². The zero-order chi connectivity index (χ0) is 6.69. The highest BCUT2D eigenvalue weighted by Gasteiger charge is 2.09. The molecule has 2 nitrogen and oxygen atoms in total. The molecule has 0 unspecified atom stereocenters. The fourth-order valence-electron chi connectivity index (χ4n) is 0.751. The summed E-state index contributed by atoms with van der Waals surface area (Å²) in [5, 5.41) is 0. The van der Waals surface area contributed by atoms with Crippen LogP contribution in [-0.4, -0.2) is 13.1 Å². The predicted molar refractivity (Wildman–Crippen MR) is 33.9 cm³/mol. The van der Waals surface area contributed by atoms with Crippen molar-refractivity contribution in [2.75, 3.05) is 7.11 Å². The van der Waals surface area contributed by atoms with E-state index in [1.165, 1.54) is 19.1 Å². The minimum Gasteiger partial charge on any atom is -0.466 e. The maximum atomic E-state index is 10.5. The smallest absolute Gasteiger partial charge is 0.330 e. The van der Waals surface area contributed by atoms with Crippen LogP contribution >= 0.6 is 0 Å². The molecule has 2 heteroatoms. The summed E-state index contributed by atoms with van der Waals surface area (Å²) in [6.07, 6.45) is 4.97. The summed E-state index contributed by atoms with van der Waals surface area (Å²) in [5.74, 6) is -0.218. The fourth-order valence-corrected chi connectivity index (χ4v) is 0.751. The van der Waals surface area contributed by atoms with Crippen molar-refractivity contribution in [1.29, 1.82) is 0 Å². The molecule has 0 amide bonds. The van der Waals surface area contributed by atoms with Gasteiger partial charge in [0.25, 0.3) is 0 Å². The third kappa shape index (κ3) is 1.56. The SMILES string of the molecule is COC(=O)C=C1CCC1. The second kappa shape index (κ2) is 2.67. The first-order valence-electron chi connectivity index (χ1n) is 3.10. The van der Waals surface area contributed by atoms with Gasteiger partial charge in [0.05, 0.1) is 7.11 Å². The molecular weight excluding hydrogens is 116 g/mol. The highest BCUT2D eigenvalue weighted by atomic mass is 16.5. The minimum absolute atomic E-state index is 0.218. The van der Waals surface area contributed by atoms with Gasteiger partial charge in [-0.2, -0.15) is 0 Å². The Labute approximate surface area is 54.5 Å². The van der Waals surface area contributed by atoms with Gasteiger partial charge in [-0.25, -0.2) is 4.79 Å². The minimum atomic E-state index is -0.218. The Balaban J connectivity index is 2.37. The lowest BCUT2D eigenvalue weighted by molar-refractivity contribution is -0.134. The molecule has 1 aliphatic rings. The molecule has 0 aromatic heterocycles. The molecule has 0 bridgehead atoms. The Kier molecular flexibility index (Phi) is 1.88. The summed E-state index contributed by atoms with van der Waals surface area (Å²) < 4.78 is 4.44. The van der Waals surface area contributed by atoms with Crippen LogP contribution in [0.1, 0.15) is 19.3 Å². The summed E-state index contributed by atoms with van der Waals surface area (Å²) in [6.45, 7) is 0. The Bertz CT molecular complexity index is 141. The lowest BCUT2D eigenvalue weighted by Gasteiger charge is -2.14. The molecule has 0 aromatic rings. The molecule has 0 radical (unpaired) electrons. The lowest BCUT2D eigenvalue weighted by Crippen LogP contribution is -2.02. The van der Waals surface area contributed by atoms with Crippen LogP contribution in [0.3, 0.4) is 0 Å². The third-order valence-corrected chi connectivity index (χ3v) is 1.52. The van der Waals surface area contributed by atoms with Gasteiger partial charge in [-0.1, -0.05) is 5.57 Å². The van der Waals surface area contributed by atoms with Gasteiger partial charge < -0.3 is 4.74 Å². The molecule has 0 N–H and O–H groups in total. The number of ether oxygens (including phenoxy) is 1. The summed E-state index contributed by atoms with van der Waals surface area (Å²) in [5.41, 5.74) is 1.22. The first-order valence-corrected chi connectivity index (χ1v) is 3.10. The van der Waals surface area contributed by atoms with Crippen LogP contribution in [0.25, 0.3) is 0 Å². The molecule has 50 valence electrons. The number of carbonyl (C=O) groups excluding carboxylic acids is 1. The first kappa shape index (κ1) is 6.33. The fraction of sp³-hybridized carbons (Fsp3) is 0.571. The second-order valence-electron chi connectivity index (χ2n) is 2.18. The highest BCUT2D eigenvalue weighted by molar-refractivity contribution is 5.82. The molecule has 9 heavy (non-hydrogen) atoms. The van der Waals surface area contributed by atoms with E-state index < -0.39 is 0 Å². The second-order valence-corrected chi connectivity index (χ2v) is 2.18. The largest absolute Gasteiger partial charge is 0.466 e. The number of hydrogen-bond donors (Lipinski definition) is 0. The zero-order valence-corrected chi connectivity index (χ0v) is 5.52. The van der Waals surface area contributed by atoms with Crippen molar-refractivity contribution in [3.8, 4) is 0 Å². The number of rotatable bonds is 1. The molecule has 1 aliphatic carbocycles. The predicted octanol–water partition coefficient (Wildman–Crippen LogP) is 1.27. The van der Waals surface area contributed by atoms with Crippen LogP contribution in [0.15, 0.2) is 11.6 Å². The highest BCUT2D eigenvalue weighted by Crippen LogP contribution is 2.24. The van der Waals surface area contributed by atoms with E-state index in [4.69, 9.17) is 0 Å². The number of carbonyl (C=O) groups is 1. The molecule has 0 aromatic carbocycles. The van der Waals surface area contributed by atoms with Crippen LogP contribution in [-0.2, 0) is 9.53 Å². The topological polar surface area (TPSA) is 26.3 Å². The van der Waals surface area contributed by atoms with Crippen LogP contribution < -0.4 is 0 Å². The van der Waals surface area contributed by atoms with Gasteiger partial charge in [-0.15, -0.1) is 0 Å². The van der Waals surface area contributed by atoms with Gasteiger partial charge in [-0.3, -0.25) is 0 Å². The van der Waals surface area contributed by atoms with E-state index in [0.29, 0.717) is 0 Å². The zero-order valence-electron chi connectivity index (χ0n) is 5.52. The van der Waals surface area contributed by atoms with Crippen molar-refractivity contribution in [1.82, 2.24) is 0 Å². The Hall–Kier alpha value is -0.790. The molecule has 0 aliphatic heterocycles. The number of esters is 1. The van der Waals surface area contributed by atoms with Gasteiger partial charge in [-0.05, 0) is 19.3 Å². The lowest BCUT2D eigenvalue weighted by atomic mass is 9.92. The summed E-state index contributed by atoms with van der Waals surface area (Å²) in [6, 6.07) is 0. The van der Waals surface area contributed by atoms with Crippen LogP contribution in [0.5, 0.6) is 0 Å². The standard InChI is InChI=1S/C7H10O2/c1-9-7(8)5-6-3-2-4-6/h5H,2-4H2,1H3. The normalized spacial score (nSPS) is 16.3. The van der Waals surface area contributed by atoms with Crippen LogP contribution in [0.2, 0.25) is 0 Å². The Morgan fingerprint density at radius 3 is 2.67 bits per heavy atom. The van der Waals surface area contributed by atoms with Gasteiger partial charge in [0.1, 0.15) is 0 Å². The van der Waals surface area contributed by atoms with Crippen molar-refractivity contribution >= 4 is 5.97 Å². The van der Waals surface area contributed by atoms with Crippen molar-refractivity contribution < 1.29 is 9.53 Å². The van der Waals surface area contributed by atoms with Crippen LogP contribution in [0.4, 0.5) is 0 Å². The summed E-state index contributed by atoms with van der Waals surface area (Å²) >= 11 is 0. The molecule has 0 spiro atoms. The molecule has 1 fully saturated rings. The van der Waals surface area contributed by atoms with Crippen molar-refractivity contribution in [2.45, 2.75) is 19.3 Å². The third-order valence-electron chi connectivity index (χ3n) is 1.52. The summed E-state index contributed by atoms with van der Waals surface area (Å²) in [7, 11) is 1.40. The van der Waals surface area contributed by atoms with Gasteiger partial charge in [0.2, 0.25) is 0 Å². The van der Waals surface area contributed by atoms with Crippen molar-refractivity contribution in [3.63, 3.8) is 0 Å². The first-order chi connectivity index (χ1) is 4.33. The molecule has 0 heterocycles. The molecule has 1 saturated carbocycles. The van der Waals surface area contributed by atoms with E-state index >= 15 is 0 Å². The molecule has 0 saturated heterocycles.